The van der Waals surface area contributed by atoms with Crippen molar-refractivity contribution < 1.29 is 5.48 Å². The molecule has 0 spiro atoms. The molecule has 262 valence electrons. The largest absolute Gasteiger partial charge is 0.309 e. The van der Waals surface area contributed by atoms with Crippen LogP contribution in [-0.4, -0.2) is 19.5 Å². The standard InChI is InChI=1S/C51H32N4S/c1-3-13-33(14-4-1)34-25-27-35(28-26-34)40-21-12-22-44-41-19-7-9-23-45(41)55(48(40)44)39-18-11-17-37(31-39)50-52-49(36-15-5-2-6-16-36)53-51(54-50)38-29-30-43-42-20-8-10-24-46(42)56-47(43)32-38/h1-32H/i7D,9D,19D,23D. The summed E-state index contributed by atoms with van der Waals surface area (Å²) >= 11 is 1.75. The van der Waals surface area contributed by atoms with Crippen LogP contribution in [-0.2, 0) is 0 Å². The average molecular weight is 737 g/mol. The molecule has 0 amide bonds. The van der Waals surface area contributed by atoms with Crippen molar-refractivity contribution in [2.45, 2.75) is 0 Å². The molecule has 5 heteroatoms. The maximum absolute atomic E-state index is 9.26. The van der Waals surface area contributed by atoms with Crippen LogP contribution in [0.4, 0.5) is 0 Å². The van der Waals surface area contributed by atoms with Crippen LogP contribution in [0.25, 0.3) is 104 Å². The van der Waals surface area contributed by atoms with Crippen LogP contribution >= 0.6 is 11.3 Å². The van der Waals surface area contributed by atoms with Gasteiger partial charge in [0.15, 0.2) is 17.5 Å². The predicted molar refractivity (Wildman–Crippen MR) is 234 cm³/mol. The van der Waals surface area contributed by atoms with Gasteiger partial charge in [-0.1, -0.05) is 164 Å². The summed E-state index contributed by atoms with van der Waals surface area (Å²) in [6, 6.07) is 56.4. The molecule has 0 fully saturated rings. The van der Waals surface area contributed by atoms with Crippen LogP contribution in [0.15, 0.2) is 194 Å². The van der Waals surface area contributed by atoms with Gasteiger partial charge in [0.25, 0.3) is 0 Å². The highest BCUT2D eigenvalue weighted by Gasteiger charge is 2.19. The van der Waals surface area contributed by atoms with Crippen molar-refractivity contribution in [3.05, 3.63) is 194 Å². The van der Waals surface area contributed by atoms with E-state index in [1.54, 1.807) is 11.3 Å². The molecule has 0 unspecified atom stereocenters. The van der Waals surface area contributed by atoms with Crippen molar-refractivity contribution in [2.75, 3.05) is 0 Å². The molecule has 0 radical (unpaired) electrons. The van der Waals surface area contributed by atoms with Gasteiger partial charge in [-0.2, -0.15) is 0 Å². The number of hydrogen-bond donors (Lipinski definition) is 0. The fourth-order valence-corrected chi connectivity index (χ4v) is 8.88. The number of thiophene rings is 1. The Kier molecular flexibility index (Phi) is 6.70. The van der Waals surface area contributed by atoms with Gasteiger partial charge in [-0.25, -0.2) is 15.0 Å². The van der Waals surface area contributed by atoms with Gasteiger partial charge in [0, 0.05) is 58.9 Å². The quantitative estimate of drug-likeness (QED) is 0.171. The van der Waals surface area contributed by atoms with Gasteiger partial charge in [-0.3, -0.25) is 0 Å². The van der Waals surface area contributed by atoms with E-state index in [1.807, 2.05) is 95.6 Å². The van der Waals surface area contributed by atoms with Crippen LogP contribution in [0.1, 0.15) is 5.48 Å². The van der Waals surface area contributed by atoms with Gasteiger partial charge in [0.2, 0.25) is 0 Å². The predicted octanol–water partition coefficient (Wildman–Crippen LogP) is 13.7. The number of para-hydroxylation sites is 2. The van der Waals surface area contributed by atoms with Crippen molar-refractivity contribution in [1.29, 1.82) is 0 Å². The molecule has 8 aromatic carbocycles. The van der Waals surface area contributed by atoms with Gasteiger partial charge >= 0.3 is 0 Å². The molecular formula is C51H32N4S. The second-order valence-electron chi connectivity index (χ2n) is 13.7. The minimum absolute atomic E-state index is 0.0762. The molecule has 56 heavy (non-hydrogen) atoms. The summed E-state index contributed by atoms with van der Waals surface area (Å²) in [5.74, 6) is 1.58. The number of fused-ring (bicyclic) bond motifs is 6. The summed E-state index contributed by atoms with van der Waals surface area (Å²) in [6.07, 6.45) is 0. The van der Waals surface area contributed by atoms with E-state index in [2.05, 4.69) is 78.9 Å². The molecule has 11 aromatic rings. The Bertz CT molecular complexity index is 3470. The Labute approximate surface area is 333 Å². The van der Waals surface area contributed by atoms with Crippen molar-refractivity contribution in [3.8, 4) is 62.1 Å². The summed E-state index contributed by atoms with van der Waals surface area (Å²) in [5.41, 5.74) is 8.44. The van der Waals surface area contributed by atoms with Gasteiger partial charge in [0.05, 0.1) is 16.5 Å². The lowest BCUT2D eigenvalue weighted by Crippen LogP contribution is -2.01. The first kappa shape index (κ1) is 28.3. The number of rotatable bonds is 6. The smallest absolute Gasteiger partial charge is 0.164 e. The Balaban J connectivity index is 1.12. The topological polar surface area (TPSA) is 43.6 Å². The van der Waals surface area contributed by atoms with Crippen LogP contribution < -0.4 is 0 Å². The summed E-state index contributed by atoms with van der Waals surface area (Å²) in [7, 11) is 0. The molecule has 0 saturated carbocycles. The normalized spacial score (nSPS) is 12.6. The minimum atomic E-state index is -0.285. The third kappa shape index (κ3) is 5.48. The van der Waals surface area contributed by atoms with Gasteiger partial charge in [0.1, 0.15) is 0 Å². The van der Waals surface area contributed by atoms with Crippen molar-refractivity contribution in [3.63, 3.8) is 0 Å². The van der Waals surface area contributed by atoms with Crippen molar-refractivity contribution in [2.24, 2.45) is 0 Å². The lowest BCUT2D eigenvalue weighted by Gasteiger charge is -2.14. The zero-order chi connectivity index (χ0) is 40.5. The second-order valence-corrected chi connectivity index (χ2v) is 14.8. The van der Waals surface area contributed by atoms with Crippen molar-refractivity contribution in [1.82, 2.24) is 19.5 Å². The van der Waals surface area contributed by atoms with E-state index in [0.717, 1.165) is 54.5 Å². The Morgan fingerprint density at radius 2 is 0.982 bits per heavy atom. The maximum atomic E-state index is 9.26. The van der Waals surface area contributed by atoms with Crippen LogP contribution in [0.3, 0.4) is 0 Å². The molecular weight excluding hydrogens is 701 g/mol. The summed E-state index contributed by atoms with van der Waals surface area (Å²) in [5, 5.41) is 3.62. The third-order valence-electron chi connectivity index (χ3n) is 10.4. The first-order valence-corrected chi connectivity index (χ1v) is 19.3. The zero-order valence-corrected chi connectivity index (χ0v) is 30.7. The number of benzene rings is 8. The molecule has 11 rings (SSSR count). The molecule has 3 heterocycles. The van der Waals surface area contributed by atoms with E-state index < -0.39 is 0 Å². The molecule has 0 atom stereocenters. The first-order valence-electron chi connectivity index (χ1n) is 20.4. The number of hydrogen-bond acceptors (Lipinski definition) is 4. The Morgan fingerprint density at radius 3 is 1.79 bits per heavy atom. The molecule has 0 bridgehead atoms. The highest BCUT2D eigenvalue weighted by molar-refractivity contribution is 7.25. The fraction of sp³-hybridized carbons (Fsp3) is 0. The third-order valence-corrected chi connectivity index (χ3v) is 11.5. The highest BCUT2D eigenvalue weighted by atomic mass is 32.1. The molecule has 0 N–H and O–H groups in total. The van der Waals surface area contributed by atoms with E-state index in [9.17, 15) is 1.37 Å². The molecule has 0 aliphatic rings. The van der Waals surface area contributed by atoms with Crippen molar-refractivity contribution >= 4 is 53.3 Å². The van der Waals surface area contributed by atoms with Crippen LogP contribution in [0, 0.1) is 0 Å². The SMILES string of the molecule is [2H]c1c([2H])c([2H])c2c(c1[2H])c1cccc(-c3ccc(-c4ccccc4)cc3)c1n2-c1cccc(-c2nc(-c3ccccc3)nc(-c3ccc4c(c3)sc3ccccc34)n2)c1. The molecule has 4 nitrogen and oxygen atoms in total. The fourth-order valence-electron chi connectivity index (χ4n) is 7.73. The summed E-state index contributed by atoms with van der Waals surface area (Å²) in [4.78, 5) is 15.2. The highest BCUT2D eigenvalue weighted by Crippen LogP contribution is 2.40. The lowest BCUT2D eigenvalue weighted by molar-refractivity contribution is 1.07. The Hall–Kier alpha value is -7.21. The second kappa shape index (κ2) is 13.3. The van der Waals surface area contributed by atoms with Crippen LogP contribution in [0.5, 0.6) is 0 Å². The molecule has 0 aliphatic heterocycles. The lowest BCUT2D eigenvalue weighted by atomic mass is 9.98. The summed E-state index contributed by atoms with van der Waals surface area (Å²) < 4.78 is 40.1. The number of nitrogens with zero attached hydrogens (tertiary/aromatic N) is 4. The van der Waals surface area contributed by atoms with Gasteiger partial charge < -0.3 is 4.57 Å². The van der Waals surface area contributed by atoms with Crippen LogP contribution in [0.2, 0.25) is 0 Å². The molecule has 0 aliphatic carbocycles. The van der Waals surface area contributed by atoms with E-state index in [-0.39, 0.29) is 24.2 Å². The molecule has 3 aromatic heterocycles. The zero-order valence-electron chi connectivity index (χ0n) is 33.9. The van der Waals surface area contributed by atoms with Gasteiger partial charge in [-0.05, 0) is 47.0 Å². The number of aromatic nitrogens is 4. The average Bonchev–Trinajstić information content (AvgIpc) is 3.87. The molecule has 0 saturated heterocycles. The first-order chi connectivity index (χ1) is 29.4. The monoisotopic (exact) mass is 736 g/mol. The summed E-state index contributed by atoms with van der Waals surface area (Å²) in [6.45, 7) is 0. The Morgan fingerprint density at radius 1 is 0.411 bits per heavy atom. The van der Waals surface area contributed by atoms with E-state index >= 15 is 0 Å². The van der Waals surface area contributed by atoms with Gasteiger partial charge in [-0.15, -0.1) is 11.3 Å². The van der Waals surface area contributed by atoms with E-state index in [4.69, 9.17) is 19.1 Å². The maximum Gasteiger partial charge on any atom is 0.164 e. The minimum Gasteiger partial charge on any atom is -0.309 e. The van der Waals surface area contributed by atoms with E-state index in [1.165, 1.54) is 15.5 Å². The van der Waals surface area contributed by atoms with E-state index in [0.29, 0.717) is 34.1 Å².